The van der Waals surface area contributed by atoms with Gasteiger partial charge in [0.25, 0.3) is 0 Å². The zero-order valence-electron chi connectivity index (χ0n) is 15.3. The van der Waals surface area contributed by atoms with E-state index in [-0.39, 0.29) is 12.5 Å². The largest absolute Gasteiger partial charge is 0.324 e. The maximum atomic E-state index is 12.2. The number of benzene rings is 2. The fraction of sp³-hybridized carbons (Fsp3) is 0.300. The number of nitrogens with one attached hydrogen (secondary N) is 1. The normalized spacial score (nSPS) is 10.9. The van der Waals surface area contributed by atoms with Gasteiger partial charge in [0.2, 0.25) is 11.7 Å². The molecule has 0 unspecified atom stereocenters. The number of carbonyl (C=O) groups is 1. The Bertz CT molecular complexity index is 866. The Balaban J connectivity index is 1.62. The Morgan fingerprint density at radius 2 is 1.77 bits per heavy atom. The number of nitrogens with zero attached hydrogens (tertiary/aromatic N) is 4. The molecule has 1 N–H and O–H groups in total. The van der Waals surface area contributed by atoms with Crippen molar-refractivity contribution in [2.75, 3.05) is 5.32 Å². The highest BCUT2D eigenvalue weighted by molar-refractivity contribution is 5.90. The number of rotatable bonds is 6. The fourth-order valence-electron chi connectivity index (χ4n) is 2.60. The van der Waals surface area contributed by atoms with Crippen LogP contribution in [0.25, 0.3) is 11.4 Å². The van der Waals surface area contributed by atoms with Crippen LogP contribution in [0.2, 0.25) is 0 Å². The second-order valence-corrected chi connectivity index (χ2v) is 6.52. The van der Waals surface area contributed by atoms with Crippen LogP contribution in [0, 0.1) is 0 Å². The Morgan fingerprint density at radius 1 is 1.08 bits per heavy atom. The first-order chi connectivity index (χ1) is 12.5. The molecule has 0 saturated carbocycles. The van der Waals surface area contributed by atoms with Crippen LogP contribution < -0.4 is 5.32 Å². The number of aryl methyl sites for hydroxylation is 1. The van der Waals surface area contributed by atoms with Crippen molar-refractivity contribution >= 4 is 11.6 Å². The summed E-state index contributed by atoms with van der Waals surface area (Å²) in [7, 11) is 0. The first kappa shape index (κ1) is 17.8. The molecule has 1 amide bonds. The number of carbonyl (C=O) groups excluding carboxylic acids is 1. The summed E-state index contributed by atoms with van der Waals surface area (Å²) in [6, 6.07) is 15.9. The van der Waals surface area contributed by atoms with Crippen LogP contribution in [-0.4, -0.2) is 26.1 Å². The van der Waals surface area contributed by atoms with Crippen LogP contribution in [0.4, 0.5) is 5.69 Å². The first-order valence-corrected chi connectivity index (χ1v) is 8.82. The van der Waals surface area contributed by atoms with E-state index in [4.69, 9.17) is 0 Å². The highest BCUT2D eigenvalue weighted by Gasteiger charge is 2.10. The van der Waals surface area contributed by atoms with E-state index >= 15 is 0 Å². The number of tetrazole rings is 1. The van der Waals surface area contributed by atoms with E-state index in [1.807, 2.05) is 36.4 Å². The Morgan fingerprint density at radius 3 is 2.38 bits per heavy atom. The van der Waals surface area contributed by atoms with Gasteiger partial charge in [0.05, 0.1) is 0 Å². The SMILES string of the molecule is CCc1ccc(NC(=O)Cn2nnc(-c3ccc(C(C)C)cc3)n2)cc1. The number of hydrogen-bond acceptors (Lipinski definition) is 4. The van der Waals surface area contributed by atoms with Crippen molar-refractivity contribution in [2.24, 2.45) is 0 Å². The Labute approximate surface area is 153 Å². The molecule has 0 spiro atoms. The third-order valence-electron chi connectivity index (χ3n) is 4.22. The van der Waals surface area contributed by atoms with Gasteiger partial charge in [-0.2, -0.15) is 4.80 Å². The van der Waals surface area contributed by atoms with Crippen LogP contribution in [0.3, 0.4) is 0 Å². The van der Waals surface area contributed by atoms with Crippen molar-refractivity contribution in [2.45, 2.75) is 39.7 Å². The maximum absolute atomic E-state index is 12.2. The molecule has 0 bridgehead atoms. The van der Waals surface area contributed by atoms with Gasteiger partial charge in [-0.1, -0.05) is 57.2 Å². The predicted octanol–water partition coefficient (Wildman–Crippen LogP) is 3.66. The highest BCUT2D eigenvalue weighted by Crippen LogP contribution is 2.19. The summed E-state index contributed by atoms with van der Waals surface area (Å²) in [5, 5.41) is 15.2. The summed E-state index contributed by atoms with van der Waals surface area (Å²) in [4.78, 5) is 13.5. The monoisotopic (exact) mass is 349 g/mol. The van der Waals surface area contributed by atoms with Crippen LogP contribution in [0.15, 0.2) is 48.5 Å². The van der Waals surface area contributed by atoms with Gasteiger partial charge in [0, 0.05) is 11.3 Å². The van der Waals surface area contributed by atoms with Crippen LogP contribution >= 0.6 is 0 Å². The second-order valence-electron chi connectivity index (χ2n) is 6.52. The lowest BCUT2D eigenvalue weighted by Crippen LogP contribution is -2.20. The molecule has 0 aliphatic heterocycles. The van der Waals surface area contributed by atoms with Gasteiger partial charge in [-0.3, -0.25) is 4.79 Å². The van der Waals surface area contributed by atoms with Crippen LogP contribution in [0.5, 0.6) is 0 Å². The lowest BCUT2D eigenvalue weighted by Gasteiger charge is -2.05. The summed E-state index contributed by atoms with van der Waals surface area (Å²) in [5.41, 5.74) is 4.14. The summed E-state index contributed by atoms with van der Waals surface area (Å²) in [5.74, 6) is 0.802. The van der Waals surface area contributed by atoms with E-state index in [0.29, 0.717) is 11.7 Å². The van der Waals surface area contributed by atoms with E-state index in [0.717, 1.165) is 17.7 Å². The Hall–Kier alpha value is -3.02. The van der Waals surface area contributed by atoms with E-state index in [1.165, 1.54) is 15.9 Å². The smallest absolute Gasteiger partial charge is 0.248 e. The molecule has 6 nitrogen and oxygen atoms in total. The molecule has 3 aromatic rings. The number of aromatic nitrogens is 4. The highest BCUT2D eigenvalue weighted by atomic mass is 16.2. The van der Waals surface area contributed by atoms with E-state index in [9.17, 15) is 4.79 Å². The van der Waals surface area contributed by atoms with Gasteiger partial charge in [-0.25, -0.2) is 0 Å². The molecule has 0 saturated heterocycles. The van der Waals surface area contributed by atoms with Crippen LogP contribution in [-0.2, 0) is 17.8 Å². The van der Waals surface area contributed by atoms with Gasteiger partial charge in [0.1, 0.15) is 6.54 Å². The van der Waals surface area contributed by atoms with Crippen molar-refractivity contribution < 1.29 is 4.79 Å². The molecule has 134 valence electrons. The molecule has 6 heteroatoms. The zero-order chi connectivity index (χ0) is 18.5. The van der Waals surface area contributed by atoms with Gasteiger partial charge in [0.15, 0.2) is 0 Å². The van der Waals surface area contributed by atoms with Gasteiger partial charge < -0.3 is 5.32 Å². The molecular formula is C20H23N5O. The summed E-state index contributed by atoms with van der Waals surface area (Å²) in [6.07, 6.45) is 0.970. The molecular weight excluding hydrogens is 326 g/mol. The minimum atomic E-state index is -0.187. The zero-order valence-corrected chi connectivity index (χ0v) is 15.3. The number of hydrogen-bond donors (Lipinski definition) is 1. The third-order valence-corrected chi connectivity index (χ3v) is 4.22. The van der Waals surface area contributed by atoms with Gasteiger partial charge in [-0.05, 0) is 40.8 Å². The summed E-state index contributed by atoms with van der Waals surface area (Å²) in [6.45, 7) is 6.42. The molecule has 0 radical (unpaired) electrons. The predicted molar refractivity (Wildman–Crippen MR) is 102 cm³/mol. The van der Waals surface area contributed by atoms with Gasteiger partial charge >= 0.3 is 0 Å². The third kappa shape index (κ3) is 4.33. The van der Waals surface area contributed by atoms with Crippen molar-refractivity contribution in [3.05, 3.63) is 59.7 Å². The lowest BCUT2D eigenvalue weighted by molar-refractivity contribution is -0.117. The molecule has 3 rings (SSSR count). The fourth-order valence-corrected chi connectivity index (χ4v) is 2.60. The topological polar surface area (TPSA) is 72.7 Å². The van der Waals surface area contributed by atoms with Crippen molar-refractivity contribution in [1.29, 1.82) is 0 Å². The number of amides is 1. The standard InChI is InChI=1S/C20H23N5O/c1-4-15-5-11-18(12-6-15)21-19(26)13-25-23-20(22-24-25)17-9-7-16(8-10-17)14(2)3/h5-12,14H,4,13H2,1-3H3,(H,21,26). The maximum Gasteiger partial charge on any atom is 0.248 e. The molecule has 26 heavy (non-hydrogen) atoms. The summed E-state index contributed by atoms with van der Waals surface area (Å²) < 4.78 is 0. The molecule has 0 aliphatic rings. The van der Waals surface area contributed by atoms with Crippen molar-refractivity contribution in [3.8, 4) is 11.4 Å². The van der Waals surface area contributed by atoms with E-state index in [1.54, 1.807) is 0 Å². The average molecular weight is 349 g/mol. The quantitative estimate of drug-likeness (QED) is 0.737. The molecule has 0 fully saturated rings. The first-order valence-electron chi connectivity index (χ1n) is 8.82. The molecule has 1 heterocycles. The minimum absolute atomic E-state index is 0.0204. The van der Waals surface area contributed by atoms with Crippen molar-refractivity contribution in [1.82, 2.24) is 20.2 Å². The average Bonchev–Trinajstić information content (AvgIpc) is 3.10. The molecule has 1 aromatic heterocycles. The number of anilines is 1. The van der Waals surface area contributed by atoms with Gasteiger partial charge in [-0.15, -0.1) is 10.2 Å². The van der Waals surface area contributed by atoms with E-state index < -0.39 is 0 Å². The Kier molecular flexibility index (Phi) is 5.41. The van der Waals surface area contributed by atoms with E-state index in [2.05, 4.69) is 53.6 Å². The minimum Gasteiger partial charge on any atom is -0.324 e. The molecule has 0 atom stereocenters. The molecule has 2 aromatic carbocycles. The second kappa shape index (κ2) is 7.91. The lowest BCUT2D eigenvalue weighted by atomic mass is 10.0. The van der Waals surface area contributed by atoms with Crippen molar-refractivity contribution in [3.63, 3.8) is 0 Å². The summed E-state index contributed by atoms with van der Waals surface area (Å²) >= 11 is 0. The molecule has 0 aliphatic carbocycles. The van der Waals surface area contributed by atoms with Crippen LogP contribution in [0.1, 0.15) is 37.8 Å².